The van der Waals surface area contributed by atoms with Crippen LogP contribution < -0.4 is 4.90 Å². The Morgan fingerprint density at radius 3 is 2.38 bits per heavy atom. The van der Waals surface area contributed by atoms with Crippen LogP contribution in [-0.2, 0) is 0 Å². The summed E-state index contributed by atoms with van der Waals surface area (Å²) in [5.74, 6) is -0.337. The summed E-state index contributed by atoms with van der Waals surface area (Å²) in [6.07, 6.45) is 3.52. The number of fused-ring (bicyclic) bond motifs is 3. The average Bonchev–Trinajstić information content (AvgIpc) is 3.40. The molecule has 1 aliphatic rings. The molecule has 0 aliphatic heterocycles. The molecule has 1 aromatic heterocycles. The summed E-state index contributed by atoms with van der Waals surface area (Å²) in [5.41, 5.74) is 4.70. The van der Waals surface area contributed by atoms with Crippen LogP contribution in [0, 0.1) is 0 Å². The van der Waals surface area contributed by atoms with Crippen LogP contribution in [0.2, 0.25) is 0 Å². The highest BCUT2D eigenvalue weighted by Crippen LogP contribution is 2.38. The van der Waals surface area contributed by atoms with Crippen molar-refractivity contribution in [3.05, 3.63) is 102 Å². The Balaban J connectivity index is 1.60. The van der Waals surface area contributed by atoms with Crippen molar-refractivity contribution in [1.82, 2.24) is 9.78 Å². The van der Waals surface area contributed by atoms with Crippen molar-refractivity contribution < 1.29 is 9.59 Å². The summed E-state index contributed by atoms with van der Waals surface area (Å²) in [7, 11) is 1.72. The molecular formula is C24H17N3O2. The molecule has 0 saturated carbocycles. The number of carbonyl (C=O) groups is 2. The average molecular weight is 379 g/mol. The summed E-state index contributed by atoms with van der Waals surface area (Å²) < 4.78 is 1.72. The molecule has 1 heterocycles. The van der Waals surface area contributed by atoms with Gasteiger partial charge in [-0.2, -0.15) is 5.10 Å². The maximum Gasteiger partial charge on any atom is 0.258 e. The molecule has 0 spiro atoms. The third kappa shape index (κ3) is 2.59. The molecular weight excluding hydrogens is 362 g/mol. The predicted molar refractivity (Wildman–Crippen MR) is 112 cm³/mol. The van der Waals surface area contributed by atoms with Gasteiger partial charge in [0.25, 0.3) is 5.91 Å². The Hall–Kier alpha value is -3.99. The van der Waals surface area contributed by atoms with Crippen LogP contribution in [0.4, 0.5) is 5.69 Å². The second kappa shape index (κ2) is 6.56. The molecule has 140 valence electrons. The molecule has 0 fully saturated rings. The van der Waals surface area contributed by atoms with Crippen LogP contribution >= 0.6 is 0 Å². The normalized spacial score (nSPS) is 11.8. The molecule has 3 aromatic carbocycles. The number of anilines is 1. The molecule has 5 rings (SSSR count). The molecule has 0 saturated heterocycles. The van der Waals surface area contributed by atoms with Gasteiger partial charge < -0.3 is 4.90 Å². The van der Waals surface area contributed by atoms with Gasteiger partial charge in [-0.05, 0) is 35.4 Å². The fraction of sp³-hybridized carbons (Fsp3) is 0.0417. The summed E-state index contributed by atoms with van der Waals surface area (Å²) >= 11 is 0. The van der Waals surface area contributed by atoms with Gasteiger partial charge in [-0.1, -0.05) is 48.5 Å². The van der Waals surface area contributed by atoms with Crippen molar-refractivity contribution >= 4 is 17.4 Å². The Morgan fingerprint density at radius 1 is 0.862 bits per heavy atom. The predicted octanol–water partition coefficient (Wildman–Crippen LogP) is 4.36. The van der Waals surface area contributed by atoms with Crippen LogP contribution in [-0.4, -0.2) is 28.5 Å². The van der Waals surface area contributed by atoms with Gasteiger partial charge in [0.2, 0.25) is 0 Å². The molecule has 0 unspecified atom stereocenters. The number of hydrogen-bond donors (Lipinski definition) is 0. The molecule has 0 N–H and O–H groups in total. The van der Waals surface area contributed by atoms with E-state index >= 15 is 0 Å². The quantitative estimate of drug-likeness (QED) is 0.468. The van der Waals surface area contributed by atoms with E-state index in [1.807, 2.05) is 72.9 Å². The lowest BCUT2D eigenvalue weighted by atomic mass is 9.99. The van der Waals surface area contributed by atoms with Crippen LogP contribution in [0.1, 0.15) is 26.3 Å². The van der Waals surface area contributed by atoms with Crippen LogP contribution in [0.3, 0.4) is 0 Å². The van der Waals surface area contributed by atoms with Crippen molar-refractivity contribution in [2.75, 3.05) is 11.9 Å². The first kappa shape index (κ1) is 17.1. The molecule has 0 radical (unpaired) electrons. The Morgan fingerprint density at radius 2 is 1.59 bits per heavy atom. The van der Waals surface area contributed by atoms with Gasteiger partial charge in [0, 0.05) is 30.6 Å². The van der Waals surface area contributed by atoms with Gasteiger partial charge in [0.1, 0.15) is 0 Å². The lowest BCUT2D eigenvalue weighted by Crippen LogP contribution is -2.28. The molecule has 0 atom stereocenters. The van der Waals surface area contributed by atoms with E-state index in [0.29, 0.717) is 22.4 Å². The van der Waals surface area contributed by atoms with Gasteiger partial charge in [-0.3, -0.25) is 9.59 Å². The minimum Gasteiger partial charge on any atom is -0.309 e. The largest absolute Gasteiger partial charge is 0.309 e. The zero-order valence-corrected chi connectivity index (χ0v) is 15.7. The van der Waals surface area contributed by atoms with E-state index < -0.39 is 0 Å². The Kier molecular flexibility index (Phi) is 3.88. The summed E-state index contributed by atoms with van der Waals surface area (Å²) in [5, 5.41) is 4.28. The molecule has 1 aliphatic carbocycles. The Bertz CT molecular complexity index is 1260. The van der Waals surface area contributed by atoms with Crippen molar-refractivity contribution in [1.29, 1.82) is 0 Å². The van der Waals surface area contributed by atoms with E-state index in [1.54, 1.807) is 28.9 Å². The molecule has 0 bridgehead atoms. The van der Waals surface area contributed by atoms with E-state index in [4.69, 9.17) is 0 Å². The Labute approximate surface area is 167 Å². The number of ketones is 1. The van der Waals surface area contributed by atoms with Gasteiger partial charge in [0.05, 0.1) is 16.9 Å². The van der Waals surface area contributed by atoms with E-state index in [1.165, 1.54) is 0 Å². The number of benzene rings is 3. The summed E-state index contributed by atoms with van der Waals surface area (Å²) in [6, 6.07) is 22.3. The fourth-order valence-electron chi connectivity index (χ4n) is 3.89. The number of amides is 1. The van der Waals surface area contributed by atoms with Gasteiger partial charge >= 0.3 is 0 Å². The summed E-state index contributed by atoms with van der Waals surface area (Å²) in [6.45, 7) is 0. The van der Waals surface area contributed by atoms with Gasteiger partial charge in [-0.15, -0.1) is 0 Å². The number of rotatable bonds is 3. The molecule has 5 nitrogen and oxygen atoms in total. The van der Waals surface area contributed by atoms with Crippen LogP contribution in [0.25, 0.3) is 16.8 Å². The molecule has 1 amide bonds. The SMILES string of the molecule is CN(C(=O)c1cccc2c1C(=O)c1ccccc1-2)c1ccccc1-n1cccn1. The number of hydrogen-bond acceptors (Lipinski definition) is 3. The smallest absolute Gasteiger partial charge is 0.258 e. The fourth-order valence-corrected chi connectivity index (χ4v) is 3.89. The third-order valence-corrected chi connectivity index (χ3v) is 5.28. The molecule has 29 heavy (non-hydrogen) atoms. The number of aromatic nitrogens is 2. The van der Waals surface area contributed by atoms with Crippen molar-refractivity contribution in [2.45, 2.75) is 0 Å². The lowest BCUT2D eigenvalue weighted by Gasteiger charge is -2.21. The first-order chi connectivity index (χ1) is 14.2. The second-order valence-corrected chi connectivity index (χ2v) is 6.91. The number of para-hydroxylation sites is 2. The highest BCUT2D eigenvalue weighted by Gasteiger charge is 2.32. The molecule has 4 aromatic rings. The topological polar surface area (TPSA) is 55.2 Å². The van der Waals surface area contributed by atoms with Crippen LogP contribution in [0.15, 0.2) is 85.2 Å². The minimum absolute atomic E-state index is 0.103. The van der Waals surface area contributed by atoms with E-state index in [0.717, 1.165) is 16.8 Å². The monoisotopic (exact) mass is 379 g/mol. The third-order valence-electron chi connectivity index (χ3n) is 5.28. The van der Waals surface area contributed by atoms with Gasteiger partial charge in [0.15, 0.2) is 5.78 Å². The maximum absolute atomic E-state index is 13.5. The first-order valence-corrected chi connectivity index (χ1v) is 9.31. The highest BCUT2D eigenvalue weighted by atomic mass is 16.2. The zero-order chi connectivity index (χ0) is 20.0. The van der Waals surface area contributed by atoms with E-state index in [-0.39, 0.29) is 11.7 Å². The van der Waals surface area contributed by atoms with Crippen molar-refractivity contribution in [3.8, 4) is 16.8 Å². The lowest BCUT2D eigenvalue weighted by molar-refractivity contribution is 0.0977. The van der Waals surface area contributed by atoms with Crippen molar-refractivity contribution in [2.24, 2.45) is 0 Å². The van der Waals surface area contributed by atoms with Crippen LogP contribution in [0.5, 0.6) is 0 Å². The maximum atomic E-state index is 13.5. The van der Waals surface area contributed by atoms with Crippen molar-refractivity contribution in [3.63, 3.8) is 0 Å². The summed E-state index contributed by atoms with van der Waals surface area (Å²) in [4.78, 5) is 28.1. The van der Waals surface area contributed by atoms with E-state index in [2.05, 4.69) is 5.10 Å². The van der Waals surface area contributed by atoms with Gasteiger partial charge in [-0.25, -0.2) is 4.68 Å². The second-order valence-electron chi connectivity index (χ2n) is 6.91. The first-order valence-electron chi connectivity index (χ1n) is 9.31. The number of nitrogens with zero attached hydrogens (tertiary/aromatic N) is 3. The standard InChI is InChI=1S/C24H17N3O2/c1-26(20-12-4-5-13-21(20)27-15-7-14-25-27)24(29)19-11-6-10-17-16-8-2-3-9-18(16)23(28)22(17)19/h2-15H,1H3. The zero-order valence-electron chi connectivity index (χ0n) is 15.7. The highest BCUT2D eigenvalue weighted by molar-refractivity contribution is 6.27. The molecule has 5 heteroatoms. The minimum atomic E-state index is -0.234. The number of carbonyl (C=O) groups excluding carboxylic acids is 2. The van der Waals surface area contributed by atoms with E-state index in [9.17, 15) is 9.59 Å².